The van der Waals surface area contributed by atoms with Crippen LogP contribution < -0.4 is 10.9 Å². The van der Waals surface area contributed by atoms with Crippen LogP contribution in [0.2, 0.25) is 0 Å². The minimum atomic E-state index is -0.107. The van der Waals surface area contributed by atoms with Gasteiger partial charge >= 0.3 is 0 Å². The molecule has 15 heavy (non-hydrogen) atoms. The van der Waals surface area contributed by atoms with Crippen LogP contribution in [-0.2, 0) is 4.79 Å². The van der Waals surface area contributed by atoms with Gasteiger partial charge in [-0.15, -0.1) is 0 Å². The van der Waals surface area contributed by atoms with Gasteiger partial charge in [-0.1, -0.05) is 34.6 Å². The van der Waals surface area contributed by atoms with Crippen LogP contribution in [-0.4, -0.2) is 18.9 Å². The molecule has 1 atom stereocenters. The normalized spacial score (nSPS) is 15.1. The topological polar surface area (TPSA) is 41.1 Å². The lowest BCUT2D eigenvalue weighted by molar-refractivity contribution is -0.120. The summed E-state index contributed by atoms with van der Waals surface area (Å²) in [6.45, 7) is 12.7. The molecule has 3 heteroatoms. The number of hydrazine groups is 1. The van der Waals surface area contributed by atoms with E-state index in [1.165, 1.54) is 0 Å². The lowest BCUT2D eigenvalue weighted by atomic mass is 9.66. The summed E-state index contributed by atoms with van der Waals surface area (Å²) >= 11 is 0. The predicted molar refractivity (Wildman–Crippen MR) is 64.5 cm³/mol. The molecule has 90 valence electrons. The molecular formula is C12H26N2O. The first-order valence-electron chi connectivity index (χ1n) is 5.54. The zero-order chi connectivity index (χ0) is 12.3. The Labute approximate surface area is 94.0 Å². The summed E-state index contributed by atoms with van der Waals surface area (Å²) in [6.07, 6.45) is 0.840. The molecular weight excluding hydrogens is 188 g/mol. The summed E-state index contributed by atoms with van der Waals surface area (Å²) in [5, 5.41) is 0. The van der Waals surface area contributed by atoms with E-state index in [1.54, 1.807) is 14.0 Å². The summed E-state index contributed by atoms with van der Waals surface area (Å²) in [5.41, 5.74) is 6.17. The maximum atomic E-state index is 11.4. The Kier molecular flexibility index (Phi) is 4.94. The van der Waals surface area contributed by atoms with Gasteiger partial charge in [-0.05, 0) is 31.2 Å². The lowest BCUT2D eigenvalue weighted by Crippen LogP contribution is -2.47. The average molecular weight is 214 g/mol. The fourth-order valence-electron chi connectivity index (χ4n) is 1.29. The molecule has 0 heterocycles. The van der Waals surface area contributed by atoms with E-state index >= 15 is 0 Å². The number of nitrogens with one attached hydrogen (secondary N) is 2. The van der Waals surface area contributed by atoms with Crippen molar-refractivity contribution in [2.75, 3.05) is 7.05 Å². The molecule has 3 nitrogen and oxygen atoms in total. The predicted octanol–water partition coefficient (Wildman–Crippen LogP) is 2.13. The maximum Gasteiger partial charge on any atom is 0.148 e. The molecule has 0 aromatic heterocycles. The number of hydrogen-bond donors (Lipinski definition) is 2. The van der Waals surface area contributed by atoms with Crippen LogP contribution in [0.25, 0.3) is 0 Å². The Morgan fingerprint density at radius 1 is 1.20 bits per heavy atom. The number of carbonyl (C=O) groups is 1. The van der Waals surface area contributed by atoms with Gasteiger partial charge in [0, 0.05) is 0 Å². The Hall–Kier alpha value is -0.410. The Balaban J connectivity index is 4.59. The molecule has 0 radical (unpaired) electrons. The molecule has 0 fully saturated rings. The first-order valence-corrected chi connectivity index (χ1v) is 5.54. The van der Waals surface area contributed by atoms with Gasteiger partial charge in [0.25, 0.3) is 0 Å². The van der Waals surface area contributed by atoms with Gasteiger partial charge in [0.2, 0.25) is 0 Å². The van der Waals surface area contributed by atoms with Gasteiger partial charge in [0.1, 0.15) is 5.78 Å². The van der Waals surface area contributed by atoms with E-state index in [4.69, 9.17) is 0 Å². The SMILES string of the molecule is CNNC(CC(C)(C)C(C)(C)C)C(C)=O. The molecule has 0 saturated heterocycles. The molecule has 0 aromatic rings. The van der Waals surface area contributed by atoms with Gasteiger partial charge < -0.3 is 0 Å². The minimum absolute atomic E-state index is 0.107. The average Bonchev–Trinajstić information content (AvgIpc) is 2.00. The van der Waals surface area contributed by atoms with Crippen LogP contribution in [0, 0.1) is 10.8 Å². The molecule has 1 unspecified atom stereocenters. The Morgan fingerprint density at radius 3 is 1.93 bits per heavy atom. The van der Waals surface area contributed by atoms with E-state index in [1.807, 2.05) is 0 Å². The smallest absolute Gasteiger partial charge is 0.148 e. The van der Waals surface area contributed by atoms with Crippen molar-refractivity contribution in [3.63, 3.8) is 0 Å². The van der Waals surface area contributed by atoms with Gasteiger partial charge in [0.05, 0.1) is 6.04 Å². The third-order valence-electron chi connectivity index (χ3n) is 3.55. The van der Waals surface area contributed by atoms with Crippen molar-refractivity contribution >= 4 is 5.78 Å². The fourth-order valence-corrected chi connectivity index (χ4v) is 1.29. The first-order chi connectivity index (χ1) is 6.62. The highest BCUT2D eigenvalue weighted by Gasteiger charge is 2.35. The zero-order valence-electron chi connectivity index (χ0n) is 11.2. The van der Waals surface area contributed by atoms with E-state index in [0.29, 0.717) is 0 Å². The van der Waals surface area contributed by atoms with Crippen molar-refractivity contribution in [2.45, 2.75) is 54.0 Å². The summed E-state index contributed by atoms with van der Waals surface area (Å²) in [7, 11) is 1.79. The molecule has 0 aliphatic carbocycles. The van der Waals surface area contributed by atoms with Crippen molar-refractivity contribution in [3.8, 4) is 0 Å². The van der Waals surface area contributed by atoms with E-state index in [0.717, 1.165) is 6.42 Å². The van der Waals surface area contributed by atoms with Gasteiger partial charge in [-0.3, -0.25) is 10.2 Å². The van der Waals surface area contributed by atoms with Crippen LogP contribution in [0.5, 0.6) is 0 Å². The number of rotatable bonds is 5. The molecule has 0 aliphatic rings. The highest BCUT2D eigenvalue weighted by Crippen LogP contribution is 2.41. The van der Waals surface area contributed by atoms with Crippen LogP contribution in [0.3, 0.4) is 0 Å². The highest BCUT2D eigenvalue weighted by atomic mass is 16.1. The standard InChI is InChI=1S/C12H26N2O/c1-9(15)10(14-13-7)8-12(5,6)11(2,3)4/h10,13-14H,8H2,1-7H3. The molecule has 2 N–H and O–H groups in total. The molecule has 0 saturated carbocycles. The largest absolute Gasteiger partial charge is 0.298 e. The van der Waals surface area contributed by atoms with Crippen molar-refractivity contribution in [1.82, 2.24) is 10.9 Å². The second kappa shape index (κ2) is 5.08. The zero-order valence-corrected chi connectivity index (χ0v) is 11.2. The van der Waals surface area contributed by atoms with E-state index < -0.39 is 0 Å². The van der Waals surface area contributed by atoms with Crippen LogP contribution in [0.15, 0.2) is 0 Å². The number of Topliss-reactive ketones (excluding diaryl/α,β-unsaturated/α-hetero) is 1. The molecule has 0 bridgehead atoms. The van der Waals surface area contributed by atoms with Crippen molar-refractivity contribution in [1.29, 1.82) is 0 Å². The monoisotopic (exact) mass is 214 g/mol. The summed E-state index contributed by atoms with van der Waals surface area (Å²) in [5.74, 6) is 0.182. The lowest BCUT2D eigenvalue weighted by Gasteiger charge is -2.41. The first kappa shape index (κ1) is 14.6. The summed E-state index contributed by atoms with van der Waals surface area (Å²) in [6, 6.07) is -0.107. The second-order valence-corrected chi connectivity index (χ2v) is 5.90. The Morgan fingerprint density at radius 2 is 1.67 bits per heavy atom. The molecule has 0 aliphatic heterocycles. The minimum Gasteiger partial charge on any atom is -0.298 e. The maximum absolute atomic E-state index is 11.4. The van der Waals surface area contributed by atoms with Crippen molar-refractivity contribution in [2.24, 2.45) is 10.8 Å². The molecule has 0 spiro atoms. The second-order valence-electron chi connectivity index (χ2n) is 5.90. The number of carbonyl (C=O) groups excluding carboxylic acids is 1. The Bertz CT molecular complexity index is 216. The molecule has 0 rings (SSSR count). The van der Waals surface area contributed by atoms with Crippen molar-refractivity contribution in [3.05, 3.63) is 0 Å². The van der Waals surface area contributed by atoms with Gasteiger partial charge in [-0.25, -0.2) is 5.43 Å². The highest BCUT2D eigenvalue weighted by molar-refractivity contribution is 5.81. The number of ketones is 1. The summed E-state index contributed by atoms with van der Waals surface area (Å²) < 4.78 is 0. The van der Waals surface area contributed by atoms with Crippen LogP contribution in [0.4, 0.5) is 0 Å². The van der Waals surface area contributed by atoms with Crippen LogP contribution in [0.1, 0.15) is 48.0 Å². The third-order valence-corrected chi connectivity index (χ3v) is 3.55. The van der Waals surface area contributed by atoms with Gasteiger partial charge in [-0.2, -0.15) is 0 Å². The van der Waals surface area contributed by atoms with Crippen molar-refractivity contribution < 1.29 is 4.79 Å². The van der Waals surface area contributed by atoms with E-state index in [2.05, 4.69) is 45.5 Å². The molecule has 0 amide bonds. The number of hydrogen-bond acceptors (Lipinski definition) is 3. The van der Waals surface area contributed by atoms with Crippen LogP contribution >= 0.6 is 0 Å². The van der Waals surface area contributed by atoms with E-state index in [9.17, 15) is 4.79 Å². The fraction of sp³-hybridized carbons (Fsp3) is 0.917. The quantitative estimate of drug-likeness (QED) is 0.689. The third kappa shape index (κ3) is 4.31. The van der Waals surface area contributed by atoms with E-state index in [-0.39, 0.29) is 22.7 Å². The molecule has 0 aromatic carbocycles. The summed E-state index contributed by atoms with van der Waals surface area (Å²) in [4.78, 5) is 11.4. The van der Waals surface area contributed by atoms with Gasteiger partial charge in [0.15, 0.2) is 0 Å².